The number of nitrogens with zero attached hydrogens (tertiary/aromatic N) is 3. The average molecular weight is 242 g/mol. The van der Waals surface area contributed by atoms with Crippen molar-refractivity contribution < 1.29 is 4.79 Å². The molecule has 0 aliphatic carbocycles. The number of aromatic nitrogens is 2. The Bertz CT molecular complexity index is 609. The molecular weight excluding hydrogens is 228 g/mol. The predicted octanol–water partition coefficient (Wildman–Crippen LogP) is 1.24. The summed E-state index contributed by atoms with van der Waals surface area (Å²) in [6, 6.07) is 9.80. The number of fused-ring (bicyclic) bond motifs is 1. The molecule has 0 saturated heterocycles. The number of hydrogen-bond acceptors (Lipinski definition) is 3. The standard InChI is InChI=1S/C13H14N4O/c1-15-13(18)7-9-17-11-5-3-2-4-10(11)16-12(17)6-8-14/h2-5H,6-7,9H2,1H3,(H,15,18). The molecule has 0 spiro atoms. The molecule has 0 saturated carbocycles. The normalized spacial score (nSPS) is 10.2. The molecule has 0 unspecified atom stereocenters. The van der Waals surface area contributed by atoms with Crippen LogP contribution < -0.4 is 5.32 Å². The number of amides is 1. The van der Waals surface area contributed by atoms with Crippen LogP contribution in [0.3, 0.4) is 0 Å². The monoisotopic (exact) mass is 242 g/mol. The summed E-state index contributed by atoms with van der Waals surface area (Å²) >= 11 is 0. The lowest BCUT2D eigenvalue weighted by molar-refractivity contribution is -0.120. The maximum Gasteiger partial charge on any atom is 0.221 e. The van der Waals surface area contributed by atoms with E-state index in [-0.39, 0.29) is 12.3 Å². The van der Waals surface area contributed by atoms with Crippen molar-refractivity contribution in [3.8, 4) is 6.07 Å². The van der Waals surface area contributed by atoms with Crippen LogP contribution in [0.2, 0.25) is 0 Å². The number of rotatable bonds is 4. The van der Waals surface area contributed by atoms with Gasteiger partial charge in [-0.1, -0.05) is 12.1 Å². The van der Waals surface area contributed by atoms with Crippen LogP contribution in [-0.2, 0) is 17.8 Å². The van der Waals surface area contributed by atoms with Gasteiger partial charge in [-0.25, -0.2) is 4.98 Å². The molecule has 1 aromatic carbocycles. The number of benzene rings is 1. The number of nitriles is 1. The van der Waals surface area contributed by atoms with E-state index in [0.29, 0.717) is 18.8 Å². The smallest absolute Gasteiger partial charge is 0.221 e. The second-order valence-corrected chi connectivity index (χ2v) is 3.93. The Morgan fingerprint density at radius 1 is 1.50 bits per heavy atom. The second-order valence-electron chi connectivity index (χ2n) is 3.93. The van der Waals surface area contributed by atoms with Gasteiger partial charge in [0.2, 0.25) is 5.91 Å². The number of hydrogen-bond donors (Lipinski definition) is 1. The molecule has 1 amide bonds. The van der Waals surface area contributed by atoms with Crippen molar-refractivity contribution in [3.05, 3.63) is 30.1 Å². The van der Waals surface area contributed by atoms with Crippen LogP contribution in [0.25, 0.3) is 11.0 Å². The number of aryl methyl sites for hydroxylation is 1. The van der Waals surface area contributed by atoms with E-state index < -0.39 is 0 Å². The molecule has 0 aliphatic heterocycles. The summed E-state index contributed by atoms with van der Waals surface area (Å²) in [6.07, 6.45) is 0.637. The summed E-state index contributed by atoms with van der Waals surface area (Å²) in [4.78, 5) is 15.7. The molecule has 2 rings (SSSR count). The fourth-order valence-corrected chi connectivity index (χ4v) is 1.92. The third-order valence-electron chi connectivity index (χ3n) is 2.81. The van der Waals surface area contributed by atoms with Crippen LogP contribution in [0, 0.1) is 11.3 Å². The van der Waals surface area contributed by atoms with E-state index in [4.69, 9.17) is 5.26 Å². The van der Waals surface area contributed by atoms with E-state index in [2.05, 4.69) is 16.4 Å². The Labute approximate surface area is 105 Å². The molecule has 92 valence electrons. The summed E-state index contributed by atoms with van der Waals surface area (Å²) in [5.41, 5.74) is 1.83. The fourth-order valence-electron chi connectivity index (χ4n) is 1.92. The molecule has 5 nitrogen and oxygen atoms in total. The Hall–Kier alpha value is -2.35. The summed E-state index contributed by atoms with van der Waals surface area (Å²) < 4.78 is 1.94. The predicted molar refractivity (Wildman–Crippen MR) is 67.7 cm³/mol. The molecule has 1 N–H and O–H groups in total. The van der Waals surface area contributed by atoms with Gasteiger partial charge >= 0.3 is 0 Å². The van der Waals surface area contributed by atoms with Crippen LogP contribution in [0.5, 0.6) is 0 Å². The van der Waals surface area contributed by atoms with Gasteiger partial charge in [-0.2, -0.15) is 5.26 Å². The molecule has 0 radical (unpaired) electrons. The molecule has 5 heteroatoms. The second kappa shape index (κ2) is 5.32. The molecule has 0 aliphatic rings. The van der Waals surface area contributed by atoms with Crippen molar-refractivity contribution in [1.29, 1.82) is 5.26 Å². The molecule has 0 bridgehead atoms. The third kappa shape index (κ3) is 2.33. The first-order valence-corrected chi connectivity index (χ1v) is 5.78. The van der Waals surface area contributed by atoms with Crippen molar-refractivity contribution in [2.75, 3.05) is 7.05 Å². The van der Waals surface area contributed by atoms with Gasteiger partial charge in [0.05, 0.1) is 23.5 Å². The van der Waals surface area contributed by atoms with Gasteiger partial charge in [-0.3, -0.25) is 4.79 Å². The highest BCUT2D eigenvalue weighted by molar-refractivity contribution is 5.77. The maximum absolute atomic E-state index is 11.3. The van der Waals surface area contributed by atoms with E-state index in [9.17, 15) is 4.79 Å². The van der Waals surface area contributed by atoms with E-state index in [0.717, 1.165) is 11.0 Å². The first kappa shape index (κ1) is 12.1. The summed E-state index contributed by atoms with van der Waals surface area (Å²) in [5, 5.41) is 11.4. The molecule has 18 heavy (non-hydrogen) atoms. The topological polar surface area (TPSA) is 70.7 Å². The quantitative estimate of drug-likeness (QED) is 0.876. The minimum Gasteiger partial charge on any atom is -0.359 e. The van der Waals surface area contributed by atoms with Crippen molar-refractivity contribution in [1.82, 2.24) is 14.9 Å². The fraction of sp³-hybridized carbons (Fsp3) is 0.308. The summed E-state index contributed by atoms with van der Waals surface area (Å²) in [7, 11) is 1.62. The zero-order valence-electron chi connectivity index (χ0n) is 10.2. The summed E-state index contributed by atoms with van der Waals surface area (Å²) in [6.45, 7) is 0.539. The molecule has 2 aromatic rings. The van der Waals surface area contributed by atoms with Crippen LogP contribution in [0.4, 0.5) is 0 Å². The minimum absolute atomic E-state index is 0.0179. The van der Waals surface area contributed by atoms with Crippen molar-refractivity contribution in [2.24, 2.45) is 0 Å². The molecular formula is C13H14N4O. The van der Waals surface area contributed by atoms with Crippen LogP contribution in [-0.4, -0.2) is 22.5 Å². The molecule has 0 atom stereocenters. The number of para-hydroxylation sites is 2. The highest BCUT2D eigenvalue weighted by atomic mass is 16.1. The lowest BCUT2D eigenvalue weighted by Crippen LogP contribution is -2.20. The number of carbonyl (C=O) groups is 1. The van der Waals surface area contributed by atoms with Gasteiger partial charge in [0, 0.05) is 20.0 Å². The van der Waals surface area contributed by atoms with Gasteiger partial charge in [0.15, 0.2) is 0 Å². The highest BCUT2D eigenvalue weighted by Gasteiger charge is 2.10. The number of imidazole rings is 1. The number of carbonyl (C=O) groups excluding carboxylic acids is 1. The summed E-state index contributed by atoms with van der Waals surface area (Å²) in [5.74, 6) is 0.693. The zero-order chi connectivity index (χ0) is 13.0. The van der Waals surface area contributed by atoms with Gasteiger partial charge in [0.25, 0.3) is 0 Å². The first-order valence-electron chi connectivity index (χ1n) is 5.78. The van der Waals surface area contributed by atoms with Crippen LogP contribution in [0.1, 0.15) is 12.2 Å². The zero-order valence-corrected chi connectivity index (χ0v) is 10.2. The van der Waals surface area contributed by atoms with E-state index in [1.807, 2.05) is 28.8 Å². The van der Waals surface area contributed by atoms with Crippen molar-refractivity contribution >= 4 is 16.9 Å². The van der Waals surface area contributed by atoms with Gasteiger partial charge in [0.1, 0.15) is 5.82 Å². The Morgan fingerprint density at radius 2 is 2.28 bits per heavy atom. The Balaban J connectivity index is 2.36. The maximum atomic E-state index is 11.3. The highest BCUT2D eigenvalue weighted by Crippen LogP contribution is 2.16. The molecule has 1 aromatic heterocycles. The van der Waals surface area contributed by atoms with Crippen molar-refractivity contribution in [3.63, 3.8) is 0 Å². The molecule has 0 fully saturated rings. The lowest BCUT2D eigenvalue weighted by Gasteiger charge is -2.06. The van der Waals surface area contributed by atoms with Gasteiger partial charge < -0.3 is 9.88 Å². The van der Waals surface area contributed by atoms with Crippen LogP contribution in [0.15, 0.2) is 24.3 Å². The minimum atomic E-state index is -0.0179. The number of nitrogens with one attached hydrogen (secondary N) is 1. The van der Waals surface area contributed by atoms with E-state index in [1.54, 1.807) is 7.05 Å². The van der Waals surface area contributed by atoms with Crippen molar-refractivity contribution in [2.45, 2.75) is 19.4 Å². The Morgan fingerprint density at radius 3 is 3.00 bits per heavy atom. The van der Waals surface area contributed by atoms with Crippen LogP contribution >= 0.6 is 0 Å². The average Bonchev–Trinajstić information content (AvgIpc) is 2.74. The van der Waals surface area contributed by atoms with E-state index >= 15 is 0 Å². The van der Waals surface area contributed by atoms with Gasteiger partial charge in [-0.15, -0.1) is 0 Å². The van der Waals surface area contributed by atoms with Gasteiger partial charge in [-0.05, 0) is 12.1 Å². The SMILES string of the molecule is CNC(=O)CCn1c(CC#N)nc2ccccc21. The Kier molecular flexibility index (Phi) is 3.58. The lowest BCUT2D eigenvalue weighted by atomic mass is 10.3. The molecule has 1 heterocycles. The third-order valence-corrected chi connectivity index (χ3v) is 2.81. The first-order chi connectivity index (χ1) is 8.76. The van der Waals surface area contributed by atoms with E-state index in [1.165, 1.54) is 0 Å². The largest absolute Gasteiger partial charge is 0.359 e.